The lowest BCUT2D eigenvalue weighted by Crippen LogP contribution is -2.03. The molecule has 12 bridgehead atoms. The van der Waals surface area contributed by atoms with Crippen molar-refractivity contribution in [3.63, 3.8) is 0 Å². The van der Waals surface area contributed by atoms with E-state index in [0.717, 1.165) is 44.8 Å². The third kappa shape index (κ3) is 4.31. The topological polar surface area (TPSA) is 116 Å². The Bertz CT molecular complexity index is 1790. The van der Waals surface area contributed by atoms with Gasteiger partial charge in [0.15, 0.2) is 0 Å². The van der Waals surface area contributed by atoms with E-state index < -0.39 is 0 Å². The molecule has 2 amide bonds. The summed E-state index contributed by atoms with van der Waals surface area (Å²) in [6.45, 7) is 0. The molecule has 3 aromatic rings. The van der Waals surface area contributed by atoms with Gasteiger partial charge in [0.2, 0.25) is 0 Å². The van der Waals surface area contributed by atoms with Crippen molar-refractivity contribution in [1.82, 2.24) is 19.9 Å². The molecule has 4 aliphatic heterocycles. The predicted octanol–water partition coefficient (Wildman–Crippen LogP) is 6.04. The lowest BCUT2D eigenvalue weighted by Gasteiger charge is -1.92. The van der Waals surface area contributed by atoms with E-state index in [0.29, 0.717) is 22.5 Å². The van der Waals surface area contributed by atoms with Gasteiger partial charge in [0.25, 0.3) is 11.8 Å². The molecule has 7 heterocycles. The molecule has 7 rings (SSSR count). The molecule has 182 valence electrons. The van der Waals surface area contributed by atoms with Gasteiger partial charge < -0.3 is 20.6 Å². The Morgan fingerprint density at radius 3 is 1.29 bits per heavy atom. The second-order valence-corrected chi connectivity index (χ2v) is 9.21. The van der Waals surface area contributed by atoms with Crippen molar-refractivity contribution in [2.75, 3.05) is 10.6 Å². The van der Waals surface area contributed by atoms with Crippen LogP contribution in [0.4, 0.5) is 11.4 Å². The number of fused-ring (bicyclic) bond motifs is 12. The van der Waals surface area contributed by atoms with E-state index in [9.17, 15) is 9.59 Å². The highest BCUT2D eigenvalue weighted by atomic mass is 16.2. The van der Waals surface area contributed by atoms with Gasteiger partial charge in [-0.15, -0.1) is 0 Å². The third-order valence-electron chi connectivity index (χ3n) is 6.33. The van der Waals surface area contributed by atoms with Gasteiger partial charge in [-0.25, -0.2) is 9.97 Å². The van der Waals surface area contributed by atoms with Crippen molar-refractivity contribution in [2.45, 2.75) is 0 Å². The highest BCUT2D eigenvalue weighted by molar-refractivity contribution is 6.10. The number of hydrogen-bond donors (Lipinski definition) is 4. The molecule has 0 spiro atoms. The summed E-state index contributed by atoms with van der Waals surface area (Å²) in [6.07, 6.45) is 7.59. The first kappa shape index (κ1) is 21.8. The van der Waals surface area contributed by atoms with Crippen LogP contribution in [0.1, 0.15) is 43.5 Å². The van der Waals surface area contributed by atoms with Crippen LogP contribution in [0.3, 0.4) is 0 Å². The first-order chi connectivity index (χ1) is 18.5. The van der Waals surface area contributed by atoms with Crippen molar-refractivity contribution >= 4 is 69.6 Å². The fourth-order valence-corrected chi connectivity index (χ4v) is 4.59. The second-order valence-electron chi connectivity index (χ2n) is 9.21. The molecule has 4 aliphatic rings. The van der Waals surface area contributed by atoms with Crippen molar-refractivity contribution in [3.05, 3.63) is 107 Å². The highest BCUT2D eigenvalue weighted by Gasteiger charge is 2.14. The van der Waals surface area contributed by atoms with Gasteiger partial charge in [-0.2, -0.15) is 0 Å². The fourth-order valence-electron chi connectivity index (χ4n) is 4.59. The molecule has 0 radical (unpaired) electrons. The van der Waals surface area contributed by atoms with Gasteiger partial charge in [0.05, 0.1) is 22.8 Å². The molecular weight excluding hydrogens is 476 g/mol. The standard InChI is InChI=1S/C30H20N6O2/c37-29-17-9-19-1-3-21(31-19)13-22-4-2-20(32-22)10-18-12-28(36-30(18)38)16-26-8-6-24(34-26)14-23-5-7-25(33-23)15-27(11-17)35-29/h1-16,31-32H,(H,35,37)(H,36,38). The average molecular weight is 497 g/mol. The molecule has 0 aromatic carbocycles. The zero-order chi connectivity index (χ0) is 25.6. The van der Waals surface area contributed by atoms with Crippen LogP contribution in [-0.4, -0.2) is 31.8 Å². The summed E-state index contributed by atoms with van der Waals surface area (Å²) in [6, 6.07) is 22.5. The molecular formula is C30H20N6O2. The minimum absolute atomic E-state index is 0.167. The van der Waals surface area contributed by atoms with Crippen LogP contribution >= 0.6 is 0 Å². The zero-order valence-electron chi connectivity index (χ0n) is 19.9. The van der Waals surface area contributed by atoms with E-state index in [4.69, 9.17) is 0 Å². The van der Waals surface area contributed by atoms with Crippen molar-refractivity contribution in [1.29, 1.82) is 0 Å². The largest absolute Gasteiger partial charge is 0.355 e. The number of nitrogens with zero attached hydrogens (tertiary/aromatic N) is 2. The van der Waals surface area contributed by atoms with E-state index in [1.807, 2.05) is 97.1 Å². The number of nitrogens with one attached hydrogen (secondary N) is 4. The number of carbonyl (C=O) groups excluding carboxylic acids is 2. The van der Waals surface area contributed by atoms with E-state index >= 15 is 0 Å². The van der Waals surface area contributed by atoms with E-state index in [-0.39, 0.29) is 11.8 Å². The van der Waals surface area contributed by atoms with Crippen LogP contribution < -0.4 is 10.6 Å². The minimum Gasteiger partial charge on any atom is -0.355 e. The molecule has 38 heavy (non-hydrogen) atoms. The molecule has 0 aliphatic carbocycles. The Morgan fingerprint density at radius 1 is 0.447 bits per heavy atom. The van der Waals surface area contributed by atoms with Gasteiger partial charge in [0.1, 0.15) is 0 Å². The molecule has 4 N–H and O–H groups in total. The Morgan fingerprint density at radius 2 is 0.842 bits per heavy atom. The molecule has 0 atom stereocenters. The summed E-state index contributed by atoms with van der Waals surface area (Å²) in [5, 5.41) is 5.78. The van der Waals surface area contributed by atoms with Crippen molar-refractivity contribution in [2.24, 2.45) is 0 Å². The van der Waals surface area contributed by atoms with E-state index in [1.165, 1.54) is 0 Å². The zero-order valence-corrected chi connectivity index (χ0v) is 19.9. The third-order valence-corrected chi connectivity index (χ3v) is 6.33. The van der Waals surface area contributed by atoms with E-state index in [1.54, 1.807) is 0 Å². The van der Waals surface area contributed by atoms with Crippen LogP contribution in [0, 0.1) is 0 Å². The summed E-state index contributed by atoms with van der Waals surface area (Å²) in [4.78, 5) is 41.0. The van der Waals surface area contributed by atoms with Crippen LogP contribution in [0.5, 0.6) is 0 Å². The van der Waals surface area contributed by atoms with Gasteiger partial charge in [-0.1, -0.05) is 0 Å². The quantitative estimate of drug-likeness (QED) is 0.209. The first-order valence-corrected chi connectivity index (χ1v) is 12.1. The van der Waals surface area contributed by atoms with E-state index in [2.05, 4.69) is 30.6 Å². The summed E-state index contributed by atoms with van der Waals surface area (Å²) >= 11 is 0. The molecule has 8 nitrogen and oxygen atoms in total. The minimum atomic E-state index is -0.167. The first-order valence-electron chi connectivity index (χ1n) is 12.1. The molecule has 3 aromatic heterocycles. The second kappa shape index (κ2) is 8.56. The van der Waals surface area contributed by atoms with Gasteiger partial charge >= 0.3 is 0 Å². The maximum absolute atomic E-state index is 12.5. The lowest BCUT2D eigenvalue weighted by molar-refractivity contribution is 0.102. The van der Waals surface area contributed by atoms with Crippen molar-refractivity contribution < 1.29 is 9.59 Å². The highest BCUT2D eigenvalue weighted by Crippen LogP contribution is 2.23. The number of H-pyrrole nitrogens is 2. The van der Waals surface area contributed by atoms with Gasteiger partial charge in [-0.3, -0.25) is 9.59 Å². The van der Waals surface area contributed by atoms with Crippen molar-refractivity contribution in [3.8, 4) is 0 Å². The fraction of sp³-hybridized carbons (Fsp3) is 0. The molecule has 0 fully saturated rings. The SMILES string of the molecule is O=C1Nc2cc1cc1ccc(cc3ccc(cc4cc(cc5nc(cc6nc(c2)C=C6)C=C5)NC4=O)[nH]3)[nH]1. The number of carbonyl (C=O) groups is 2. The number of aromatic amines is 2. The number of hydrogen-bond acceptors (Lipinski definition) is 4. The smallest absolute Gasteiger partial charge is 0.255 e. The normalized spacial score (nSPS) is 13.6. The number of anilines is 2. The Labute approximate surface area is 216 Å². The maximum Gasteiger partial charge on any atom is 0.255 e. The maximum atomic E-state index is 12.5. The molecule has 0 saturated heterocycles. The molecule has 0 saturated carbocycles. The summed E-state index contributed by atoms with van der Waals surface area (Å²) in [5.41, 5.74) is 8.83. The van der Waals surface area contributed by atoms with Crippen LogP contribution in [0.15, 0.2) is 72.8 Å². The van der Waals surface area contributed by atoms with Crippen LogP contribution in [-0.2, 0) is 0 Å². The summed E-state index contributed by atoms with van der Waals surface area (Å²) in [7, 11) is 0. The molecule has 8 heteroatoms. The summed E-state index contributed by atoms with van der Waals surface area (Å²) in [5.74, 6) is -0.333. The number of amides is 2. The van der Waals surface area contributed by atoms with Crippen LogP contribution in [0.25, 0.3) is 46.4 Å². The monoisotopic (exact) mass is 496 g/mol. The Hall–Kier alpha value is -5.50. The Kier molecular flexibility index (Phi) is 4.90. The van der Waals surface area contributed by atoms with Gasteiger partial charge in [0, 0.05) is 44.6 Å². The number of aromatic nitrogens is 4. The Balaban J connectivity index is 1.44. The summed E-state index contributed by atoms with van der Waals surface area (Å²) < 4.78 is 0. The predicted molar refractivity (Wildman–Crippen MR) is 150 cm³/mol. The molecule has 0 unspecified atom stereocenters. The number of rotatable bonds is 0. The van der Waals surface area contributed by atoms with Crippen LogP contribution in [0.2, 0.25) is 0 Å². The average Bonchev–Trinajstić information content (AvgIpc) is 3.71. The lowest BCUT2D eigenvalue weighted by atomic mass is 10.3. The van der Waals surface area contributed by atoms with Gasteiger partial charge in [-0.05, 0) is 97.1 Å².